The van der Waals surface area contributed by atoms with Crippen molar-refractivity contribution in [2.45, 2.75) is 38.8 Å². The summed E-state index contributed by atoms with van der Waals surface area (Å²) in [6.07, 6.45) is 0.649. The molecule has 1 aromatic heterocycles. The van der Waals surface area contributed by atoms with E-state index in [9.17, 15) is 9.59 Å². The number of aliphatic carboxylic acids is 1. The van der Waals surface area contributed by atoms with Crippen molar-refractivity contribution in [1.29, 1.82) is 0 Å². The molecule has 1 amide bonds. The lowest BCUT2D eigenvalue weighted by Crippen LogP contribution is -2.45. The Morgan fingerprint density at radius 2 is 2.15 bits per heavy atom. The van der Waals surface area contributed by atoms with Gasteiger partial charge in [0.15, 0.2) is 0 Å². The van der Waals surface area contributed by atoms with Gasteiger partial charge in [0.05, 0.1) is 16.9 Å². The fourth-order valence-corrected chi connectivity index (χ4v) is 1.75. The number of carbonyl (C=O) groups is 2. The smallest absolute Gasteiger partial charge is 0.408 e. The SMILES string of the molecule is Cn1ncc(Cl)c1CC(NC(=O)OC(C)(C)C)C(=O)O. The van der Waals surface area contributed by atoms with Gasteiger partial charge in [-0.05, 0) is 20.8 Å². The lowest BCUT2D eigenvalue weighted by Gasteiger charge is -2.22. The molecule has 0 radical (unpaired) electrons. The number of rotatable bonds is 4. The summed E-state index contributed by atoms with van der Waals surface area (Å²) in [6, 6.07) is -1.14. The number of carboxylic acid groups (broad SMARTS) is 1. The number of halogens is 1. The number of nitrogens with zero attached hydrogens (tertiary/aromatic N) is 2. The molecule has 8 heteroatoms. The lowest BCUT2D eigenvalue weighted by molar-refractivity contribution is -0.139. The van der Waals surface area contributed by atoms with E-state index in [0.717, 1.165) is 0 Å². The first-order chi connectivity index (χ1) is 9.10. The molecule has 0 aliphatic heterocycles. The van der Waals surface area contributed by atoms with Crippen molar-refractivity contribution in [3.05, 3.63) is 16.9 Å². The zero-order chi connectivity index (χ0) is 15.5. The number of aromatic nitrogens is 2. The van der Waals surface area contributed by atoms with Crippen LogP contribution in [-0.4, -0.2) is 38.6 Å². The second-order valence-corrected chi connectivity index (χ2v) is 5.71. The van der Waals surface area contributed by atoms with Gasteiger partial charge in [0, 0.05) is 13.5 Å². The Morgan fingerprint density at radius 3 is 2.55 bits per heavy atom. The number of alkyl carbamates (subject to hydrolysis) is 1. The summed E-state index contributed by atoms with van der Waals surface area (Å²) < 4.78 is 6.50. The number of ether oxygens (including phenoxy) is 1. The van der Waals surface area contributed by atoms with Gasteiger partial charge in [-0.1, -0.05) is 11.6 Å². The minimum Gasteiger partial charge on any atom is -0.480 e. The van der Waals surface area contributed by atoms with E-state index in [4.69, 9.17) is 21.4 Å². The van der Waals surface area contributed by atoms with Crippen molar-refractivity contribution in [2.75, 3.05) is 0 Å². The third kappa shape index (κ3) is 4.73. The Hall–Kier alpha value is -1.76. The fraction of sp³-hybridized carbons (Fsp3) is 0.583. The van der Waals surface area contributed by atoms with Crippen LogP contribution in [0.3, 0.4) is 0 Å². The van der Waals surface area contributed by atoms with Crippen molar-refractivity contribution < 1.29 is 19.4 Å². The third-order valence-electron chi connectivity index (χ3n) is 2.40. The standard InChI is InChI=1S/C12H18ClN3O4/c1-12(2,3)20-11(19)15-8(10(17)18)5-9-7(13)6-14-16(9)4/h6,8H,5H2,1-4H3,(H,15,19)(H,17,18). The summed E-state index contributed by atoms with van der Waals surface area (Å²) in [6.45, 7) is 5.08. The van der Waals surface area contributed by atoms with Crippen LogP contribution >= 0.6 is 11.6 Å². The summed E-state index contributed by atoms with van der Waals surface area (Å²) >= 11 is 5.92. The second-order valence-electron chi connectivity index (χ2n) is 5.30. The summed E-state index contributed by atoms with van der Waals surface area (Å²) in [7, 11) is 1.65. The highest BCUT2D eigenvalue weighted by atomic mass is 35.5. The zero-order valence-corrected chi connectivity index (χ0v) is 12.6. The molecule has 1 heterocycles. The maximum absolute atomic E-state index is 11.6. The van der Waals surface area contributed by atoms with Crippen LogP contribution < -0.4 is 5.32 Å². The van der Waals surface area contributed by atoms with Crippen molar-refractivity contribution in [1.82, 2.24) is 15.1 Å². The Morgan fingerprint density at radius 1 is 1.55 bits per heavy atom. The minimum absolute atomic E-state index is 0.0178. The summed E-state index contributed by atoms with van der Waals surface area (Å²) in [5.74, 6) is -1.17. The van der Waals surface area contributed by atoms with Crippen LogP contribution in [0.2, 0.25) is 5.02 Å². The van der Waals surface area contributed by atoms with E-state index in [0.29, 0.717) is 10.7 Å². The molecule has 0 fully saturated rings. The van der Waals surface area contributed by atoms with E-state index in [1.54, 1.807) is 27.8 Å². The number of nitrogens with one attached hydrogen (secondary N) is 1. The molecule has 1 unspecified atom stereocenters. The van der Waals surface area contributed by atoms with E-state index < -0.39 is 23.7 Å². The zero-order valence-electron chi connectivity index (χ0n) is 11.8. The molecular formula is C12H18ClN3O4. The number of carboxylic acids is 1. The van der Waals surface area contributed by atoms with Crippen LogP contribution in [0.1, 0.15) is 26.5 Å². The highest BCUT2D eigenvalue weighted by Gasteiger charge is 2.26. The van der Waals surface area contributed by atoms with Gasteiger partial charge < -0.3 is 15.2 Å². The summed E-state index contributed by atoms with van der Waals surface area (Å²) in [5.41, 5.74) is -0.174. The molecule has 0 aromatic carbocycles. The van der Waals surface area contributed by atoms with Gasteiger partial charge in [0.1, 0.15) is 11.6 Å². The quantitative estimate of drug-likeness (QED) is 0.881. The average molecular weight is 304 g/mol. The van der Waals surface area contributed by atoms with Gasteiger partial charge in [-0.3, -0.25) is 4.68 Å². The molecule has 7 nitrogen and oxygen atoms in total. The van der Waals surface area contributed by atoms with Gasteiger partial charge >= 0.3 is 12.1 Å². The Kier molecular flexibility index (Phi) is 4.99. The van der Waals surface area contributed by atoms with Crippen LogP contribution in [0.15, 0.2) is 6.20 Å². The molecule has 0 saturated heterocycles. The van der Waals surface area contributed by atoms with E-state index >= 15 is 0 Å². The molecule has 1 rings (SSSR count). The van der Waals surface area contributed by atoms with Gasteiger partial charge in [-0.15, -0.1) is 0 Å². The highest BCUT2D eigenvalue weighted by Crippen LogP contribution is 2.16. The van der Waals surface area contributed by atoms with Crippen LogP contribution in [-0.2, 0) is 23.0 Å². The van der Waals surface area contributed by atoms with Gasteiger partial charge in [0.2, 0.25) is 0 Å². The molecule has 0 bridgehead atoms. The molecule has 112 valence electrons. The van der Waals surface area contributed by atoms with Crippen LogP contribution in [0.25, 0.3) is 0 Å². The number of amides is 1. The second kappa shape index (κ2) is 6.13. The predicted molar refractivity (Wildman–Crippen MR) is 72.7 cm³/mol. The van der Waals surface area contributed by atoms with Gasteiger partial charge in [-0.2, -0.15) is 5.10 Å². The Labute approximate surface area is 121 Å². The first-order valence-electron chi connectivity index (χ1n) is 5.99. The summed E-state index contributed by atoms with van der Waals surface area (Å²) in [4.78, 5) is 22.8. The van der Waals surface area contributed by atoms with Gasteiger partial charge in [0.25, 0.3) is 0 Å². The molecule has 1 atom stereocenters. The normalized spacial score (nSPS) is 12.8. The van der Waals surface area contributed by atoms with E-state index in [2.05, 4.69) is 10.4 Å². The van der Waals surface area contributed by atoms with E-state index in [1.165, 1.54) is 10.9 Å². The molecule has 0 aliphatic rings. The Bertz CT molecular complexity index is 488. The van der Waals surface area contributed by atoms with Crippen LogP contribution in [0.4, 0.5) is 4.79 Å². The maximum Gasteiger partial charge on any atom is 0.408 e. The van der Waals surface area contributed by atoms with Crippen molar-refractivity contribution in [2.24, 2.45) is 7.05 Å². The molecule has 0 aliphatic carbocycles. The maximum atomic E-state index is 11.6. The van der Waals surface area contributed by atoms with Crippen LogP contribution in [0, 0.1) is 0 Å². The van der Waals surface area contributed by atoms with Crippen molar-refractivity contribution >= 4 is 23.7 Å². The van der Waals surface area contributed by atoms with E-state index in [-0.39, 0.29) is 6.42 Å². The number of carbonyl (C=O) groups excluding carboxylic acids is 1. The first kappa shape index (κ1) is 16.3. The molecule has 0 saturated carbocycles. The van der Waals surface area contributed by atoms with Gasteiger partial charge in [-0.25, -0.2) is 9.59 Å². The molecule has 1 aromatic rings. The molecule has 20 heavy (non-hydrogen) atoms. The minimum atomic E-state index is -1.17. The third-order valence-corrected chi connectivity index (χ3v) is 2.71. The average Bonchev–Trinajstić information content (AvgIpc) is 2.56. The van der Waals surface area contributed by atoms with E-state index in [1.807, 2.05) is 0 Å². The summed E-state index contributed by atoms with van der Waals surface area (Å²) in [5, 5.41) is 15.7. The lowest BCUT2D eigenvalue weighted by atomic mass is 10.1. The number of hydrogen-bond acceptors (Lipinski definition) is 4. The van der Waals surface area contributed by atoms with Crippen LogP contribution in [0.5, 0.6) is 0 Å². The van der Waals surface area contributed by atoms with Crippen molar-refractivity contribution in [3.8, 4) is 0 Å². The van der Waals surface area contributed by atoms with Crippen molar-refractivity contribution in [3.63, 3.8) is 0 Å². The molecule has 0 spiro atoms. The first-order valence-corrected chi connectivity index (χ1v) is 6.36. The topological polar surface area (TPSA) is 93.5 Å². The largest absolute Gasteiger partial charge is 0.480 e. The Balaban J connectivity index is 2.76. The molecule has 2 N–H and O–H groups in total. The fourth-order valence-electron chi connectivity index (χ4n) is 1.51. The monoisotopic (exact) mass is 303 g/mol. The molecular weight excluding hydrogens is 286 g/mol. The highest BCUT2D eigenvalue weighted by molar-refractivity contribution is 6.31. The predicted octanol–water partition coefficient (Wildman–Crippen LogP) is 1.59. The number of aryl methyl sites for hydroxylation is 1. The number of hydrogen-bond donors (Lipinski definition) is 2.